The highest BCUT2D eigenvalue weighted by molar-refractivity contribution is 8.26. The first-order valence-corrected chi connectivity index (χ1v) is 14.6. The van der Waals surface area contributed by atoms with Crippen molar-refractivity contribution in [2.45, 2.75) is 45.1 Å². The van der Waals surface area contributed by atoms with Crippen molar-refractivity contribution in [1.82, 2.24) is 10.4 Å². The molecule has 0 unspecified atom stereocenters. The molecule has 5 fully saturated rings. The number of thioether (sulfide) groups is 1. The number of hydrazine groups is 1. The van der Waals surface area contributed by atoms with Crippen LogP contribution in [0.4, 0.5) is 0 Å². The second kappa shape index (κ2) is 10.2. The zero-order chi connectivity index (χ0) is 26.4. The van der Waals surface area contributed by atoms with Gasteiger partial charge in [0.05, 0.1) is 17.4 Å². The van der Waals surface area contributed by atoms with E-state index in [4.69, 9.17) is 33.3 Å². The second-order valence-electron chi connectivity index (χ2n) is 11.0. The van der Waals surface area contributed by atoms with Gasteiger partial charge in [0.2, 0.25) is 5.91 Å². The number of ether oxygens (including phenoxy) is 2. The van der Waals surface area contributed by atoms with E-state index in [9.17, 15) is 9.59 Å². The Morgan fingerprint density at radius 2 is 1.76 bits per heavy atom. The number of amides is 2. The number of halogens is 1. The molecule has 2 aromatic rings. The fraction of sp³-hybridized carbons (Fsp3) is 0.414. The molecule has 4 aliphatic carbocycles. The Morgan fingerprint density at radius 1 is 1.11 bits per heavy atom. The lowest BCUT2D eigenvalue weighted by Gasteiger charge is -2.55. The molecule has 4 saturated carbocycles. The Labute approximate surface area is 237 Å². The molecule has 2 aromatic carbocycles. The number of carbonyl (C=O) groups excluding carboxylic acids is 2. The summed E-state index contributed by atoms with van der Waals surface area (Å²) >= 11 is 12.6. The molecule has 5 aliphatic rings. The van der Waals surface area contributed by atoms with Crippen molar-refractivity contribution in [3.05, 3.63) is 63.5 Å². The number of rotatable bonds is 7. The van der Waals surface area contributed by atoms with Crippen LogP contribution >= 0.6 is 35.6 Å². The van der Waals surface area contributed by atoms with Crippen molar-refractivity contribution < 1.29 is 19.1 Å². The molecule has 38 heavy (non-hydrogen) atoms. The van der Waals surface area contributed by atoms with E-state index in [0.717, 1.165) is 30.4 Å². The zero-order valence-corrected chi connectivity index (χ0v) is 23.5. The monoisotopic (exact) mass is 568 g/mol. The van der Waals surface area contributed by atoms with Crippen LogP contribution in [-0.2, 0) is 16.2 Å². The lowest BCUT2D eigenvalue weighted by Crippen LogP contribution is -2.57. The number of hydrogen-bond donors (Lipinski definition) is 1. The van der Waals surface area contributed by atoms with Gasteiger partial charge in [-0.15, -0.1) is 0 Å². The first-order valence-electron chi connectivity index (χ1n) is 13.0. The van der Waals surface area contributed by atoms with Gasteiger partial charge in [0.1, 0.15) is 6.61 Å². The Hall–Kier alpha value is -2.55. The second-order valence-corrected chi connectivity index (χ2v) is 13.1. The smallest absolute Gasteiger partial charge is 0.285 e. The predicted molar refractivity (Wildman–Crippen MR) is 153 cm³/mol. The van der Waals surface area contributed by atoms with Crippen LogP contribution in [0.5, 0.6) is 11.5 Å². The van der Waals surface area contributed by atoms with Gasteiger partial charge in [-0.25, -0.2) is 0 Å². The van der Waals surface area contributed by atoms with Crippen LogP contribution in [0, 0.1) is 23.2 Å². The topological polar surface area (TPSA) is 67.9 Å². The van der Waals surface area contributed by atoms with Gasteiger partial charge in [0.15, 0.2) is 15.8 Å². The molecule has 0 aromatic heterocycles. The van der Waals surface area contributed by atoms with E-state index in [1.54, 1.807) is 13.2 Å². The average Bonchev–Trinajstić information content (AvgIpc) is 3.15. The summed E-state index contributed by atoms with van der Waals surface area (Å²) in [6, 6.07) is 13.0. The molecule has 1 N–H and O–H groups in total. The van der Waals surface area contributed by atoms with Crippen LogP contribution in [0.2, 0.25) is 5.02 Å². The van der Waals surface area contributed by atoms with Crippen LogP contribution < -0.4 is 14.9 Å². The number of thiocarbonyl (C=S) groups is 1. The number of benzene rings is 2. The Bertz CT molecular complexity index is 1290. The first-order chi connectivity index (χ1) is 18.3. The molecule has 2 amide bonds. The van der Waals surface area contributed by atoms with E-state index in [-0.39, 0.29) is 17.2 Å². The number of hydrogen-bond acceptors (Lipinski definition) is 6. The minimum absolute atomic E-state index is 0.0435. The Balaban J connectivity index is 1.14. The van der Waals surface area contributed by atoms with Gasteiger partial charge in [0.25, 0.3) is 5.91 Å². The van der Waals surface area contributed by atoms with Gasteiger partial charge >= 0.3 is 0 Å². The van der Waals surface area contributed by atoms with E-state index in [1.807, 2.05) is 42.5 Å². The van der Waals surface area contributed by atoms with Crippen LogP contribution in [0.3, 0.4) is 0 Å². The lowest BCUT2D eigenvalue weighted by atomic mass is 9.49. The Morgan fingerprint density at radius 3 is 2.39 bits per heavy atom. The summed E-state index contributed by atoms with van der Waals surface area (Å²) in [5.74, 6) is 2.73. The molecule has 198 valence electrons. The molecule has 4 bridgehead atoms. The minimum atomic E-state index is -0.350. The molecule has 7 rings (SSSR count). The zero-order valence-electron chi connectivity index (χ0n) is 21.1. The van der Waals surface area contributed by atoms with Gasteiger partial charge in [-0.2, -0.15) is 5.01 Å². The Kier molecular flexibility index (Phi) is 6.91. The molecular weight excluding hydrogens is 540 g/mol. The maximum atomic E-state index is 13.5. The third-order valence-electron chi connectivity index (χ3n) is 8.32. The van der Waals surface area contributed by atoms with Gasteiger partial charge in [-0.3, -0.25) is 15.0 Å². The standard InChI is InChI=1S/C29H29ClN2O4S2/c1-35-24-11-18(4-7-23(24)36-16-17-2-5-22(30)6-3-17)12-25-26(33)32(28(37)38-25)31-27(34)29-13-19-8-20(14-29)10-21(9-19)15-29/h2-7,11-12,19-21H,8-10,13-16H2,1H3,(H,31,34)/b25-12+. The maximum Gasteiger partial charge on any atom is 0.285 e. The average molecular weight is 569 g/mol. The molecular formula is C29H29ClN2O4S2. The van der Waals surface area contributed by atoms with Crippen LogP contribution in [0.15, 0.2) is 47.4 Å². The van der Waals surface area contributed by atoms with Crippen LogP contribution in [0.1, 0.15) is 49.7 Å². The van der Waals surface area contributed by atoms with Gasteiger partial charge in [-0.05, 0) is 110 Å². The fourth-order valence-corrected chi connectivity index (χ4v) is 8.26. The van der Waals surface area contributed by atoms with Crippen molar-refractivity contribution in [2.24, 2.45) is 23.2 Å². The van der Waals surface area contributed by atoms with Gasteiger partial charge < -0.3 is 9.47 Å². The minimum Gasteiger partial charge on any atom is -0.493 e. The van der Waals surface area contributed by atoms with Crippen LogP contribution in [-0.4, -0.2) is 28.3 Å². The summed E-state index contributed by atoms with van der Waals surface area (Å²) in [5, 5.41) is 1.93. The number of carbonyl (C=O) groups is 2. The summed E-state index contributed by atoms with van der Waals surface area (Å²) in [6.07, 6.45) is 8.33. The van der Waals surface area contributed by atoms with Crippen molar-refractivity contribution in [2.75, 3.05) is 7.11 Å². The first kappa shape index (κ1) is 25.7. The SMILES string of the molecule is COc1cc(/C=C2/SC(=S)N(NC(=O)C34CC5CC(CC(C5)C3)C4)C2=O)ccc1OCc1ccc(Cl)cc1. The summed E-state index contributed by atoms with van der Waals surface area (Å²) in [6.45, 7) is 0.370. The molecule has 0 spiro atoms. The summed E-state index contributed by atoms with van der Waals surface area (Å²) < 4.78 is 11.8. The summed E-state index contributed by atoms with van der Waals surface area (Å²) in [5.41, 5.74) is 4.32. The van der Waals surface area contributed by atoms with E-state index < -0.39 is 0 Å². The van der Waals surface area contributed by atoms with Crippen LogP contribution in [0.25, 0.3) is 6.08 Å². The fourth-order valence-electron chi connectivity index (χ4n) is 6.96. The number of nitrogens with zero attached hydrogens (tertiary/aromatic N) is 1. The normalized spacial score (nSPS) is 28.7. The highest BCUT2D eigenvalue weighted by Gasteiger charge is 2.55. The number of methoxy groups -OCH3 is 1. The third kappa shape index (κ3) is 4.94. The number of nitrogens with one attached hydrogen (secondary N) is 1. The maximum absolute atomic E-state index is 13.5. The quantitative estimate of drug-likeness (QED) is 0.309. The van der Waals surface area contributed by atoms with E-state index in [2.05, 4.69) is 5.43 Å². The van der Waals surface area contributed by atoms with Crippen molar-refractivity contribution in [3.8, 4) is 11.5 Å². The summed E-state index contributed by atoms with van der Waals surface area (Å²) in [4.78, 5) is 27.2. The predicted octanol–water partition coefficient (Wildman–Crippen LogP) is 6.38. The molecule has 9 heteroatoms. The molecule has 6 nitrogen and oxygen atoms in total. The lowest BCUT2D eigenvalue weighted by molar-refractivity contribution is -0.152. The highest BCUT2D eigenvalue weighted by Crippen LogP contribution is 2.60. The van der Waals surface area contributed by atoms with Crippen molar-refractivity contribution in [1.29, 1.82) is 0 Å². The molecule has 1 heterocycles. The van der Waals surface area contributed by atoms with E-state index in [0.29, 0.717) is 50.1 Å². The van der Waals surface area contributed by atoms with Crippen molar-refractivity contribution in [3.63, 3.8) is 0 Å². The largest absolute Gasteiger partial charge is 0.493 e. The molecule has 0 atom stereocenters. The van der Waals surface area contributed by atoms with E-state index in [1.165, 1.54) is 36.0 Å². The van der Waals surface area contributed by atoms with E-state index >= 15 is 0 Å². The van der Waals surface area contributed by atoms with Crippen molar-refractivity contribution >= 4 is 57.8 Å². The highest BCUT2D eigenvalue weighted by atomic mass is 35.5. The molecule has 1 saturated heterocycles. The summed E-state index contributed by atoms with van der Waals surface area (Å²) in [7, 11) is 1.58. The molecule has 1 aliphatic heterocycles. The van der Waals surface area contributed by atoms with Gasteiger partial charge in [-0.1, -0.05) is 41.6 Å². The third-order valence-corrected chi connectivity index (χ3v) is 9.87. The molecule has 0 radical (unpaired) electrons. The van der Waals surface area contributed by atoms with Gasteiger partial charge in [0, 0.05) is 5.02 Å².